The molecule has 5 nitrogen and oxygen atoms in total. The monoisotopic (exact) mass is 496 g/mol. The molecule has 5 rings (SSSR count). The van der Waals surface area contributed by atoms with Crippen LogP contribution in [0.5, 0.6) is 5.75 Å². The maximum absolute atomic E-state index is 13.8. The van der Waals surface area contributed by atoms with Crippen molar-refractivity contribution < 1.29 is 18.7 Å². The van der Waals surface area contributed by atoms with Gasteiger partial charge < -0.3 is 15.4 Å². The number of Topliss-reactive ketones (excluding diaryl/α,β-unsaturated/α-hetero) is 1. The normalized spacial score (nSPS) is 19.3. The summed E-state index contributed by atoms with van der Waals surface area (Å²) in [5.41, 5.74) is 4.89. The standard InChI is InChI=1S/C31H29FN2O3/c1-3-37-25-14-12-21(13-15-25)29-28(31(36)34-24-11-7-10-23(32)18-24)19(2)33-26-16-22(17-27(35)30(26)29)20-8-5-4-6-9-20/h4-15,18,22,29,33H,3,16-17H2,1-2H3,(H,34,36). The summed E-state index contributed by atoms with van der Waals surface area (Å²) in [5, 5.41) is 6.21. The fourth-order valence-corrected chi connectivity index (χ4v) is 5.32. The Morgan fingerprint density at radius 3 is 2.46 bits per heavy atom. The maximum atomic E-state index is 13.8. The summed E-state index contributed by atoms with van der Waals surface area (Å²) in [6, 6.07) is 23.4. The zero-order chi connectivity index (χ0) is 25.9. The third-order valence-corrected chi connectivity index (χ3v) is 6.95. The zero-order valence-electron chi connectivity index (χ0n) is 20.9. The fraction of sp³-hybridized carbons (Fsp3) is 0.226. The van der Waals surface area contributed by atoms with Crippen LogP contribution in [0.15, 0.2) is 101 Å². The van der Waals surface area contributed by atoms with E-state index in [1.807, 2.05) is 56.3 Å². The second kappa shape index (κ2) is 10.4. The first-order valence-corrected chi connectivity index (χ1v) is 12.5. The smallest absolute Gasteiger partial charge is 0.254 e. The molecule has 2 atom stereocenters. The summed E-state index contributed by atoms with van der Waals surface area (Å²) >= 11 is 0. The van der Waals surface area contributed by atoms with Crippen LogP contribution in [-0.2, 0) is 9.59 Å². The van der Waals surface area contributed by atoms with E-state index in [1.165, 1.54) is 12.1 Å². The van der Waals surface area contributed by atoms with Crippen LogP contribution < -0.4 is 15.4 Å². The van der Waals surface area contributed by atoms with Crippen molar-refractivity contribution in [3.63, 3.8) is 0 Å². The highest BCUT2D eigenvalue weighted by atomic mass is 19.1. The number of amides is 1. The van der Waals surface area contributed by atoms with Crippen LogP contribution in [0, 0.1) is 5.82 Å². The Balaban J connectivity index is 1.55. The van der Waals surface area contributed by atoms with Crippen molar-refractivity contribution >= 4 is 17.4 Å². The molecule has 0 bridgehead atoms. The van der Waals surface area contributed by atoms with Gasteiger partial charge in [0, 0.05) is 40.6 Å². The number of hydrogen-bond donors (Lipinski definition) is 2. The number of nitrogens with one attached hydrogen (secondary N) is 2. The van der Waals surface area contributed by atoms with Crippen LogP contribution in [-0.4, -0.2) is 18.3 Å². The highest BCUT2D eigenvalue weighted by Gasteiger charge is 2.40. The van der Waals surface area contributed by atoms with Gasteiger partial charge in [0.05, 0.1) is 6.61 Å². The highest BCUT2D eigenvalue weighted by molar-refractivity contribution is 6.10. The van der Waals surface area contributed by atoms with E-state index in [2.05, 4.69) is 22.8 Å². The topological polar surface area (TPSA) is 67.4 Å². The minimum atomic E-state index is -0.551. The summed E-state index contributed by atoms with van der Waals surface area (Å²) in [4.78, 5) is 27.3. The quantitative estimate of drug-likeness (QED) is 0.425. The largest absolute Gasteiger partial charge is 0.494 e. The lowest BCUT2D eigenvalue weighted by Gasteiger charge is -2.37. The van der Waals surface area contributed by atoms with Gasteiger partial charge in [0.25, 0.3) is 5.91 Å². The molecule has 0 radical (unpaired) electrons. The van der Waals surface area contributed by atoms with Crippen molar-refractivity contribution in [2.75, 3.05) is 11.9 Å². The summed E-state index contributed by atoms with van der Waals surface area (Å²) in [6.07, 6.45) is 1.05. The van der Waals surface area contributed by atoms with E-state index in [9.17, 15) is 14.0 Å². The molecule has 6 heteroatoms. The third kappa shape index (κ3) is 5.05. The summed E-state index contributed by atoms with van der Waals surface area (Å²) in [5.74, 6) is -0.558. The second-order valence-corrected chi connectivity index (χ2v) is 9.39. The van der Waals surface area contributed by atoms with Crippen molar-refractivity contribution in [1.29, 1.82) is 0 Å². The molecule has 37 heavy (non-hydrogen) atoms. The molecule has 2 aliphatic rings. The van der Waals surface area contributed by atoms with E-state index in [-0.39, 0.29) is 17.6 Å². The Labute approximate surface area is 216 Å². The van der Waals surface area contributed by atoms with Gasteiger partial charge in [-0.15, -0.1) is 0 Å². The molecular weight excluding hydrogens is 467 g/mol. The van der Waals surface area contributed by atoms with E-state index in [0.29, 0.717) is 42.0 Å². The minimum Gasteiger partial charge on any atom is -0.494 e. The number of carbonyl (C=O) groups excluding carboxylic acids is 2. The Morgan fingerprint density at radius 2 is 1.76 bits per heavy atom. The van der Waals surface area contributed by atoms with Crippen molar-refractivity contribution in [2.24, 2.45) is 0 Å². The van der Waals surface area contributed by atoms with E-state index in [1.54, 1.807) is 12.1 Å². The van der Waals surface area contributed by atoms with Crippen LogP contribution in [0.25, 0.3) is 0 Å². The van der Waals surface area contributed by atoms with Gasteiger partial charge in [0.15, 0.2) is 5.78 Å². The van der Waals surface area contributed by atoms with Crippen LogP contribution in [0.1, 0.15) is 49.7 Å². The van der Waals surface area contributed by atoms with Gasteiger partial charge in [-0.3, -0.25) is 9.59 Å². The number of carbonyl (C=O) groups is 2. The average Bonchev–Trinajstić information content (AvgIpc) is 2.89. The molecule has 1 heterocycles. The molecular formula is C31H29FN2O3. The van der Waals surface area contributed by atoms with Gasteiger partial charge in [-0.05, 0) is 67.6 Å². The van der Waals surface area contributed by atoms with E-state index >= 15 is 0 Å². The van der Waals surface area contributed by atoms with Gasteiger partial charge in [0.1, 0.15) is 11.6 Å². The number of allylic oxidation sites excluding steroid dienone is 3. The number of rotatable bonds is 6. The molecule has 0 saturated heterocycles. The highest BCUT2D eigenvalue weighted by Crippen LogP contribution is 2.45. The number of benzene rings is 3. The molecule has 1 amide bonds. The van der Waals surface area contributed by atoms with E-state index < -0.39 is 11.7 Å². The van der Waals surface area contributed by atoms with Gasteiger partial charge >= 0.3 is 0 Å². The van der Waals surface area contributed by atoms with E-state index in [4.69, 9.17) is 4.74 Å². The van der Waals surface area contributed by atoms with Crippen molar-refractivity contribution in [3.05, 3.63) is 118 Å². The predicted octanol–water partition coefficient (Wildman–Crippen LogP) is 6.22. The number of dihydropyridines is 1. The van der Waals surface area contributed by atoms with Gasteiger partial charge in [-0.1, -0.05) is 48.5 Å². The first kappa shape index (κ1) is 24.5. The molecule has 0 spiro atoms. The molecule has 0 aromatic heterocycles. The Kier molecular flexibility index (Phi) is 6.91. The lowest BCUT2D eigenvalue weighted by molar-refractivity contribution is -0.116. The minimum absolute atomic E-state index is 0.0186. The summed E-state index contributed by atoms with van der Waals surface area (Å²) in [7, 11) is 0. The van der Waals surface area contributed by atoms with Crippen LogP contribution in [0.3, 0.4) is 0 Å². The Hall–Kier alpha value is -4.19. The van der Waals surface area contributed by atoms with Crippen molar-refractivity contribution in [2.45, 2.75) is 38.5 Å². The van der Waals surface area contributed by atoms with E-state index in [0.717, 1.165) is 22.6 Å². The zero-order valence-corrected chi connectivity index (χ0v) is 20.9. The molecule has 2 N–H and O–H groups in total. The molecule has 2 unspecified atom stereocenters. The molecule has 1 aliphatic carbocycles. The maximum Gasteiger partial charge on any atom is 0.254 e. The van der Waals surface area contributed by atoms with Crippen LogP contribution in [0.2, 0.25) is 0 Å². The Morgan fingerprint density at radius 1 is 1.00 bits per heavy atom. The molecule has 0 saturated carbocycles. The SMILES string of the molecule is CCOc1ccc(C2C(C(=O)Nc3cccc(F)c3)=C(C)NC3=C2C(=O)CC(c2ccccc2)C3)cc1. The summed E-state index contributed by atoms with van der Waals surface area (Å²) in [6.45, 7) is 4.31. The summed E-state index contributed by atoms with van der Waals surface area (Å²) < 4.78 is 19.4. The Bertz CT molecular complexity index is 1390. The van der Waals surface area contributed by atoms with Crippen LogP contribution in [0.4, 0.5) is 10.1 Å². The lowest BCUT2D eigenvalue weighted by atomic mass is 9.71. The number of halogens is 1. The first-order chi connectivity index (χ1) is 17.9. The van der Waals surface area contributed by atoms with Crippen molar-refractivity contribution in [1.82, 2.24) is 5.32 Å². The average molecular weight is 497 g/mol. The number of ether oxygens (including phenoxy) is 1. The lowest BCUT2D eigenvalue weighted by Crippen LogP contribution is -2.37. The van der Waals surface area contributed by atoms with Gasteiger partial charge in [-0.25, -0.2) is 4.39 Å². The van der Waals surface area contributed by atoms with Crippen molar-refractivity contribution in [3.8, 4) is 5.75 Å². The van der Waals surface area contributed by atoms with Crippen LogP contribution >= 0.6 is 0 Å². The molecule has 3 aromatic carbocycles. The second-order valence-electron chi connectivity index (χ2n) is 9.39. The fourth-order valence-electron chi connectivity index (χ4n) is 5.32. The predicted molar refractivity (Wildman–Crippen MR) is 142 cm³/mol. The third-order valence-electron chi connectivity index (χ3n) is 6.95. The molecule has 0 fully saturated rings. The molecule has 188 valence electrons. The number of hydrogen-bond acceptors (Lipinski definition) is 4. The molecule has 3 aromatic rings. The molecule has 1 aliphatic heterocycles. The first-order valence-electron chi connectivity index (χ1n) is 12.5. The number of anilines is 1. The van der Waals surface area contributed by atoms with Gasteiger partial charge in [0.2, 0.25) is 0 Å². The van der Waals surface area contributed by atoms with Gasteiger partial charge in [-0.2, -0.15) is 0 Å². The number of ketones is 1.